The monoisotopic (exact) mass is 239 g/mol. The third-order valence-electron chi connectivity index (χ3n) is 1.83. The standard InChI is InChI=1S/C7H13NO2S3/c1-2-12-7(11)8-6-3-4-13(9,10)5-6/h6H,2-5H2,1H3,(H,8,11). The minimum absolute atomic E-state index is 0.0385. The van der Waals surface area contributed by atoms with Crippen LogP contribution in [-0.4, -0.2) is 36.0 Å². The first-order valence-corrected chi connectivity index (χ1v) is 7.39. The van der Waals surface area contributed by atoms with Gasteiger partial charge in [0.2, 0.25) is 0 Å². The van der Waals surface area contributed by atoms with Crippen molar-refractivity contribution in [2.75, 3.05) is 17.3 Å². The molecule has 1 aliphatic rings. The number of nitrogens with one attached hydrogen (secondary N) is 1. The third-order valence-corrected chi connectivity index (χ3v) is 4.74. The topological polar surface area (TPSA) is 46.2 Å². The Morgan fingerprint density at radius 2 is 2.38 bits per heavy atom. The van der Waals surface area contributed by atoms with Gasteiger partial charge in [-0.1, -0.05) is 30.9 Å². The Kier molecular flexibility index (Phi) is 4.00. The van der Waals surface area contributed by atoms with Crippen LogP contribution < -0.4 is 5.32 Å². The van der Waals surface area contributed by atoms with Gasteiger partial charge in [0.15, 0.2) is 9.84 Å². The van der Waals surface area contributed by atoms with Crippen LogP contribution in [0.3, 0.4) is 0 Å². The molecule has 0 aromatic heterocycles. The Labute approximate surface area is 88.6 Å². The van der Waals surface area contributed by atoms with Crippen molar-refractivity contribution in [3.63, 3.8) is 0 Å². The second-order valence-corrected chi connectivity index (χ2v) is 7.13. The molecule has 0 aliphatic carbocycles. The lowest BCUT2D eigenvalue weighted by atomic mass is 10.3. The molecule has 1 unspecified atom stereocenters. The summed E-state index contributed by atoms with van der Waals surface area (Å²) in [5.41, 5.74) is 0. The highest BCUT2D eigenvalue weighted by atomic mass is 32.2. The van der Waals surface area contributed by atoms with E-state index in [-0.39, 0.29) is 11.8 Å². The fraction of sp³-hybridized carbons (Fsp3) is 0.857. The van der Waals surface area contributed by atoms with Gasteiger partial charge in [-0.05, 0) is 12.2 Å². The van der Waals surface area contributed by atoms with Crippen molar-refractivity contribution >= 4 is 38.1 Å². The van der Waals surface area contributed by atoms with E-state index in [4.69, 9.17) is 12.2 Å². The van der Waals surface area contributed by atoms with Crippen LogP contribution in [0, 0.1) is 0 Å². The summed E-state index contributed by atoms with van der Waals surface area (Å²) in [7, 11) is -2.79. The molecule has 1 N–H and O–H groups in total. The van der Waals surface area contributed by atoms with Crippen molar-refractivity contribution in [3.05, 3.63) is 0 Å². The SMILES string of the molecule is CCSC(=S)NC1CCS(=O)(=O)C1. The van der Waals surface area contributed by atoms with Crippen molar-refractivity contribution < 1.29 is 8.42 Å². The van der Waals surface area contributed by atoms with Gasteiger partial charge >= 0.3 is 0 Å². The lowest BCUT2D eigenvalue weighted by Gasteiger charge is -2.11. The van der Waals surface area contributed by atoms with Crippen LogP contribution in [0.2, 0.25) is 0 Å². The molecule has 1 rings (SSSR count). The summed E-state index contributed by atoms with van der Waals surface area (Å²) < 4.78 is 22.9. The highest BCUT2D eigenvalue weighted by Crippen LogP contribution is 2.13. The van der Waals surface area contributed by atoms with Gasteiger partial charge in [0.25, 0.3) is 0 Å². The molecule has 0 saturated carbocycles. The molecule has 0 amide bonds. The summed E-state index contributed by atoms with van der Waals surface area (Å²) in [6.45, 7) is 2.02. The van der Waals surface area contributed by atoms with Gasteiger partial charge in [0.1, 0.15) is 4.32 Å². The van der Waals surface area contributed by atoms with Gasteiger partial charge in [0, 0.05) is 6.04 Å². The summed E-state index contributed by atoms with van der Waals surface area (Å²) in [5, 5.41) is 3.05. The smallest absolute Gasteiger partial charge is 0.152 e. The summed E-state index contributed by atoms with van der Waals surface area (Å²) in [6.07, 6.45) is 0.687. The van der Waals surface area contributed by atoms with Crippen LogP contribution >= 0.6 is 24.0 Å². The molecule has 0 radical (unpaired) electrons. The van der Waals surface area contributed by atoms with E-state index in [1.807, 2.05) is 6.92 Å². The van der Waals surface area contributed by atoms with Gasteiger partial charge in [0.05, 0.1) is 11.5 Å². The average Bonchev–Trinajstić information content (AvgIpc) is 2.30. The average molecular weight is 239 g/mol. The predicted octanol–water partition coefficient (Wildman–Crippen LogP) is 0.801. The molecule has 0 bridgehead atoms. The van der Waals surface area contributed by atoms with E-state index in [2.05, 4.69) is 5.32 Å². The van der Waals surface area contributed by atoms with Crippen molar-refractivity contribution in [2.45, 2.75) is 19.4 Å². The molecule has 1 saturated heterocycles. The maximum absolute atomic E-state index is 11.1. The van der Waals surface area contributed by atoms with Crippen molar-refractivity contribution in [2.24, 2.45) is 0 Å². The normalized spacial score (nSPS) is 25.8. The largest absolute Gasteiger partial charge is 0.367 e. The second-order valence-electron chi connectivity index (χ2n) is 2.96. The zero-order chi connectivity index (χ0) is 9.90. The van der Waals surface area contributed by atoms with Gasteiger partial charge < -0.3 is 5.32 Å². The zero-order valence-corrected chi connectivity index (χ0v) is 9.90. The Bertz CT molecular complexity index is 286. The van der Waals surface area contributed by atoms with Crippen LogP contribution in [-0.2, 0) is 9.84 Å². The summed E-state index contributed by atoms with van der Waals surface area (Å²) in [6, 6.07) is 0.0385. The lowest BCUT2D eigenvalue weighted by molar-refractivity contribution is 0.600. The Balaban J connectivity index is 2.36. The molecule has 6 heteroatoms. The van der Waals surface area contributed by atoms with Crippen molar-refractivity contribution in [1.82, 2.24) is 5.32 Å². The van der Waals surface area contributed by atoms with E-state index in [1.54, 1.807) is 11.8 Å². The molecule has 0 aromatic rings. The van der Waals surface area contributed by atoms with Gasteiger partial charge in [-0.15, -0.1) is 0 Å². The van der Waals surface area contributed by atoms with Crippen molar-refractivity contribution in [3.8, 4) is 0 Å². The molecule has 76 valence electrons. The van der Waals surface area contributed by atoms with E-state index in [1.165, 1.54) is 0 Å². The van der Waals surface area contributed by atoms with Crippen LogP contribution in [0.4, 0.5) is 0 Å². The van der Waals surface area contributed by atoms with Crippen LogP contribution in [0.5, 0.6) is 0 Å². The van der Waals surface area contributed by atoms with Crippen LogP contribution in [0.1, 0.15) is 13.3 Å². The zero-order valence-electron chi connectivity index (χ0n) is 7.45. The molecule has 0 spiro atoms. The number of hydrogen-bond donors (Lipinski definition) is 1. The number of sulfone groups is 1. The summed E-state index contributed by atoms with van der Waals surface area (Å²) in [5.74, 6) is 1.45. The molecular formula is C7H13NO2S3. The number of rotatable bonds is 2. The molecule has 1 fully saturated rings. The van der Waals surface area contributed by atoms with E-state index in [0.717, 1.165) is 5.75 Å². The van der Waals surface area contributed by atoms with Crippen LogP contribution in [0.25, 0.3) is 0 Å². The molecular weight excluding hydrogens is 226 g/mol. The fourth-order valence-corrected chi connectivity index (χ4v) is 3.95. The van der Waals surface area contributed by atoms with Gasteiger partial charge in [-0.25, -0.2) is 8.42 Å². The molecule has 1 atom stereocenters. The highest BCUT2D eigenvalue weighted by molar-refractivity contribution is 8.22. The fourth-order valence-electron chi connectivity index (χ4n) is 1.25. The molecule has 13 heavy (non-hydrogen) atoms. The van der Waals surface area contributed by atoms with Crippen molar-refractivity contribution in [1.29, 1.82) is 0 Å². The van der Waals surface area contributed by atoms with Gasteiger partial charge in [-0.3, -0.25) is 0 Å². The first-order chi connectivity index (χ1) is 6.03. The van der Waals surface area contributed by atoms with Crippen LogP contribution in [0.15, 0.2) is 0 Å². The molecule has 1 aliphatic heterocycles. The quantitative estimate of drug-likeness (QED) is 0.722. The first kappa shape index (κ1) is 11.3. The summed E-state index contributed by atoms with van der Waals surface area (Å²) >= 11 is 6.57. The van der Waals surface area contributed by atoms with E-state index in [9.17, 15) is 8.42 Å². The molecule has 0 aromatic carbocycles. The summed E-state index contributed by atoms with van der Waals surface area (Å²) in [4.78, 5) is 0. The number of thiocarbonyl (C=S) groups is 1. The highest BCUT2D eigenvalue weighted by Gasteiger charge is 2.27. The van der Waals surface area contributed by atoms with E-state index >= 15 is 0 Å². The second kappa shape index (κ2) is 4.61. The molecule has 1 heterocycles. The third kappa shape index (κ3) is 3.83. The first-order valence-electron chi connectivity index (χ1n) is 4.17. The maximum atomic E-state index is 11.1. The van der Waals surface area contributed by atoms with E-state index < -0.39 is 9.84 Å². The minimum atomic E-state index is -2.79. The number of hydrogen-bond acceptors (Lipinski definition) is 4. The Morgan fingerprint density at radius 3 is 2.85 bits per heavy atom. The molecule has 3 nitrogen and oxygen atoms in total. The minimum Gasteiger partial charge on any atom is -0.367 e. The Hall–Kier alpha value is 0.190. The number of thioether (sulfide) groups is 1. The predicted molar refractivity (Wildman–Crippen MR) is 60.9 cm³/mol. The Morgan fingerprint density at radius 1 is 1.69 bits per heavy atom. The van der Waals surface area contributed by atoms with Gasteiger partial charge in [-0.2, -0.15) is 0 Å². The maximum Gasteiger partial charge on any atom is 0.152 e. The lowest BCUT2D eigenvalue weighted by Crippen LogP contribution is -2.32. The van der Waals surface area contributed by atoms with E-state index in [0.29, 0.717) is 16.5 Å².